The van der Waals surface area contributed by atoms with Crippen LogP contribution in [0.4, 0.5) is 0 Å². The van der Waals surface area contributed by atoms with Crippen molar-refractivity contribution in [2.75, 3.05) is 6.61 Å². The Kier molecular flexibility index (Phi) is 2.01. The smallest absolute Gasteiger partial charge is 0.164 e. The van der Waals surface area contributed by atoms with E-state index in [1.165, 1.54) is 6.42 Å². The highest BCUT2D eigenvalue weighted by Gasteiger charge is 2.59. The summed E-state index contributed by atoms with van der Waals surface area (Å²) >= 11 is 6.59. The lowest BCUT2D eigenvalue weighted by molar-refractivity contribution is -0.145. The van der Waals surface area contributed by atoms with Crippen molar-refractivity contribution in [3.63, 3.8) is 0 Å². The zero-order valence-corrected chi connectivity index (χ0v) is 9.59. The Hall–Kier alpha value is -0.0800. The number of aliphatic hydroxyl groups is 1. The third kappa shape index (κ3) is 1.38. The van der Waals surface area contributed by atoms with E-state index in [9.17, 15) is 4.79 Å². The third-order valence-corrected chi connectivity index (χ3v) is 5.17. The van der Waals surface area contributed by atoms with Crippen LogP contribution in [0.25, 0.3) is 0 Å². The summed E-state index contributed by atoms with van der Waals surface area (Å²) in [6.07, 6.45) is 6.22. The van der Waals surface area contributed by atoms with Crippen LogP contribution in [0.15, 0.2) is 0 Å². The molecule has 0 aromatic heterocycles. The standard InChI is InChI=1S/C12H17ClO2/c13-12-4-8-1-9(5-12)3-11(2-8,7-12)10(15)6-14/h8-9,14H,1-7H2. The van der Waals surface area contributed by atoms with Gasteiger partial charge in [0, 0.05) is 10.3 Å². The zero-order chi connectivity index (χ0) is 10.7. The molecule has 0 amide bonds. The van der Waals surface area contributed by atoms with Crippen molar-refractivity contribution < 1.29 is 9.90 Å². The van der Waals surface area contributed by atoms with Crippen molar-refractivity contribution in [2.45, 2.75) is 43.4 Å². The molecule has 0 saturated heterocycles. The molecule has 4 aliphatic carbocycles. The van der Waals surface area contributed by atoms with E-state index in [0.29, 0.717) is 11.8 Å². The molecule has 15 heavy (non-hydrogen) atoms. The van der Waals surface area contributed by atoms with Gasteiger partial charge < -0.3 is 5.11 Å². The molecule has 84 valence electrons. The van der Waals surface area contributed by atoms with Crippen LogP contribution in [0.5, 0.6) is 0 Å². The molecule has 4 aliphatic rings. The monoisotopic (exact) mass is 228 g/mol. The van der Waals surface area contributed by atoms with E-state index in [0.717, 1.165) is 32.1 Å². The molecule has 0 aromatic carbocycles. The van der Waals surface area contributed by atoms with Crippen molar-refractivity contribution in [3.05, 3.63) is 0 Å². The van der Waals surface area contributed by atoms with Crippen LogP contribution < -0.4 is 0 Å². The number of hydrogen-bond donors (Lipinski definition) is 1. The van der Waals surface area contributed by atoms with Gasteiger partial charge in [-0.05, 0) is 50.4 Å². The Morgan fingerprint density at radius 2 is 1.87 bits per heavy atom. The normalized spacial score (nSPS) is 52.1. The molecule has 4 rings (SSSR count). The number of Topliss-reactive ketones (excluding diaryl/α,β-unsaturated/α-hetero) is 1. The number of carbonyl (C=O) groups is 1. The third-order valence-electron chi connectivity index (χ3n) is 4.72. The fraction of sp³-hybridized carbons (Fsp3) is 0.917. The average molecular weight is 229 g/mol. The van der Waals surface area contributed by atoms with Gasteiger partial charge in [-0.15, -0.1) is 11.6 Å². The van der Waals surface area contributed by atoms with Crippen molar-refractivity contribution in [1.29, 1.82) is 0 Å². The molecule has 2 atom stereocenters. The van der Waals surface area contributed by atoms with Gasteiger partial charge in [0.05, 0.1) is 0 Å². The molecule has 1 N–H and O–H groups in total. The molecular formula is C12H17ClO2. The maximum atomic E-state index is 11.9. The van der Waals surface area contributed by atoms with E-state index in [1.54, 1.807) is 0 Å². The van der Waals surface area contributed by atoms with Crippen molar-refractivity contribution >= 4 is 17.4 Å². The molecule has 2 nitrogen and oxygen atoms in total. The van der Waals surface area contributed by atoms with Gasteiger partial charge in [-0.1, -0.05) is 0 Å². The summed E-state index contributed by atoms with van der Waals surface area (Å²) in [5.41, 5.74) is -0.249. The van der Waals surface area contributed by atoms with Crippen LogP contribution in [-0.4, -0.2) is 22.4 Å². The van der Waals surface area contributed by atoms with E-state index in [-0.39, 0.29) is 22.7 Å². The lowest BCUT2D eigenvalue weighted by Gasteiger charge is -2.59. The first kappa shape index (κ1) is 10.1. The highest BCUT2D eigenvalue weighted by Crippen LogP contribution is 2.63. The fourth-order valence-corrected chi connectivity index (χ4v) is 5.34. The Labute approximate surface area is 95.0 Å². The zero-order valence-electron chi connectivity index (χ0n) is 8.84. The first-order valence-electron chi connectivity index (χ1n) is 5.88. The lowest BCUT2D eigenvalue weighted by Crippen LogP contribution is -2.56. The summed E-state index contributed by atoms with van der Waals surface area (Å²) in [5.74, 6) is 1.32. The number of hydrogen-bond acceptors (Lipinski definition) is 2. The van der Waals surface area contributed by atoms with Crippen LogP contribution in [0.1, 0.15) is 38.5 Å². The van der Waals surface area contributed by atoms with Crippen molar-refractivity contribution in [1.82, 2.24) is 0 Å². The van der Waals surface area contributed by atoms with Crippen molar-refractivity contribution in [2.24, 2.45) is 17.3 Å². The second-order valence-electron chi connectivity index (χ2n) is 5.97. The number of rotatable bonds is 2. The SMILES string of the molecule is O=C(CO)C12CC3CC(CC(Cl)(C3)C1)C2. The molecule has 4 bridgehead atoms. The molecule has 0 aliphatic heterocycles. The van der Waals surface area contributed by atoms with Gasteiger partial charge in [-0.3, -0.25) is 4.79 Å². The molecule has 2 unspecified atom stereocenters. The fourth-order valence-electron chi connectivity index (χ4n) is 4.64. The molecule has 4 saturated carbocycles. The van der Waals surface area contributed by atoms with Crippen LogP contribution in [0.2, 0.25) is 0 Å². The minimum Gasteiger partial charge on any atom is -0.389 e. The van der Waals surface area contributed by atoms with Gasteiger partial charge in [0.1, 0.15) is 6.61 Å². The Bertz CT molecular complexity index is 299. The summed E-state index contributed by atoms with van der Waals surface area (Å²) in [5, 5.41) is 9.09. The van der Waals surface area contributed by atoms with E-state index in [1.807, 2.05) is 0 Å². The Morgan fingerprint density at radius 1 is 1.27 bits per heavy atom. The highest BCUT2D eigenvalue weighted by atomic mass is 35.5. The molecule has 0 heterocycles. The predicted octanol–water partition coefficient (Wildman–Crippen LogP) is 2.13. The number of aliphatic hydroxyl groups excluding tert-OH is 1. The number of alkyl halides is 1. The minimum absolute atomic E-state index is 0.0432. The topological polar surface area (TPSA) is 37.3 Å². The molecule has 0 spiro atoms. The van der Waals surface area contributed by atoms with Gasteiger partial charge in [0.15, 0.2) is 5.78 Å². The molecule has 4 fully saturated rings. The number of halogens is 1. The quantitative estimate of drug-likeness (QED) is 0.736. The highest BCUT2D eigenvalue weighted by molar-refractivity contribution is 6.24. The van der Waals surface area contributed by atoms with Crippen molar-refractivity contribution in [3.8, 4) is 0 Å². The second-order valence-corrected chi connectivity index (χ2v) is 6.78. The van der Waals surface area contributed by atoms with E-state index < -0.39 is 0 Å². The summed E-state index contributed by atoms with van der Waals surface area (Å²) in [4.78, 5) is 11.8. The molecule has 0 aromatic rings. The molecular weight excluding hydrogens is 212 g/mol. The maximum Gasteiger partial charge on any atom is 0.164 e. The average Bonchev–Trinajstić information content (AvgIpc) is 2.12. The van der Waals surface area contributed by atoms with Gasteiger partial charge in [0.2, 0.25) is 0 Å². The van der Waals surface area contributed by atoms with Crippen LogP contribution >= 0.6 is 11.6 Å². The summed E-state index contributed by atoms with van der Waals surface area (Å²) in [6.45, 7) is -0.299. The summed E-state index contributed by atoms with van der Waals surface area (Å²) in [7, 11) is 0. The van der Waals surface area contributed by atoms with Crippen LogP contribution in [0, 0.1) is 17.3 Å². The van der Waals surface area contributed by atoms with Gasteiger partial charge in [0.25, 0.3) is 0 Å². The Morgan fingerprint density at radius 3 is 2.33 bits per heavy atom. The van der Waals surface area contributed by atoms with Crippen LogP contribution in [0.3, 0.4) is 0 Å². The number of ketones is 1. The van der Waals surface area contributed by atoms with Gasteiger partial charge >= 0.3 is 0 Å². The molecule has 3 heteroatoms. The summed E-state index contributed by atoms with van der Waals surface area (Å²) in [6, 6.07) is 0. The van der Waals surface area contributed by atoms with Gasteiger partial charge in [-0.25, -0.2) is 0 Å². The Balaban J connectivity index is 1.96. The van der Waals surface area contributed by atoms with E-state index >= 15 is 0 Å². The summed E-state index contributed by atoms with van der Waals surface area (Å²) < 4.78 is 0. The largest absolute Gasteiger partial charge is 0.389 e. The first-order chi connectivity index (χ1) is 7.05. The predicted molar refractivity (Wildman–Crippen MR) is 57.8 cm³/mol. The van der Waals surface area contributed by atoms with Gasteiger partial charge in [-0.2, -0.15) is 0 Å². The van der Waals surface area contributed by atoms with Crippen LogP contribution in [-0.2, 0) is 4.79 Å². The van der Waals surface area contributed by atoms with E-state index in [4.69, 9.17) is 16.7 Å². The molecule has 0 radical (unpaired) electrons. The lowest BCUT2D eigenvalue weighted by atomic mass is 9.48. The number of carbonyl (C=O) groups excluding carboxylic acids is 1. The van der Waals surface area contributed by atoms with E-state index in [2.05, 4.69) is 0 Å². The first-order valence-corrected chi connectivity index (χ1v) is 6.26. The minimum atomic E-state index is -0.299. The second kappa shape index (κ2) is 2.98. The maximum absolute atomic E-state index is 11.9.